The molecule has 3 aromatic rings. The first-order valence-electron chi connectivity index (χ1n) is 12.6. The van der Waals surface area contributed by atoms with Gasteiger partial charge in [-0.05, 0) is 56.2 Å². The summed E-state index contributed by atoms with van der Waals surface area (Å²) in [6, 6.07) is 10.9. The number of amides is 2. The maximum Gasteiger partial charge on any atom is 0.461 e. The van der Waals surface area contributed by atoms with Gasteiger partial charge in [0, 0.05) is 6.07 Å². The van der Waals surface area contributed by atoms with Crippen molar-refractivity contribution in [3.8, 4) is 5.75 Å². The van der Waals surface area contributed by atoms with Gasteiger partial charge in [-0.3, -0.25) is 0 Å². The van der Waals surface area contributed by atoms with Gasteiger partial charge >= 0.3 is 30.7 Å². The van der Waals surface area contributed by atoms with Crippen LogP contribution in [-0.4, -0.2) is 43.4 Å². The number of rotatable bonds is 9. The zero-order valence-electron chi connectivity index (χ0n) is 23.3. The van der Waals surface area contributed by atoms with E-state index in [2.05, 4.69) is 28.5 Å². The molecule has 0 fully saturated rings. The van der Waals surface area contributed by atoms with Crippen LogP contribution in [0.2, 0.25) is 0 Å². The van der Waals surface area contributed by atoms with E-state index in [-0.39, 0.29) is 5.56 Å². The summed E-state index contributed by atoms with van der Waals surface area (Å²) in [6.45, 7) is 3.92. The minimum absolute atomic E-state index is 0.110. The van der Waals surface area contributed by atoms with E-state index in [0.29, 0.717) is 18.2 Å². The molecule has 0 aliphatic rings. The zero-order valence-corrected chi connectivity index (χ0v) is 23.3. The minimum Gasteiger partial charge on any atom is -0.464 e. The number of benzene rings is 3. The normalized spacial score (nSPS) is 13.6. The Morgan fingerprint density at radius 2 is 1.43 bits per heavy atom. The highest BCUT2D eigenvalue weighted by Gasteiger charge is 2.48. The van der Waals surface area contributed by atoms with Crippen molar-refractivity contribution in [3.05, 3.63) is 101 Å². The number of alkyl halides is 7. The molecule has 0 saturated heterocycles. The van der Waals surface area contributed by atoms with Crippen molar-refractivity contribution in [2.24, 2.45) is 0 Å². The van der Waals surface area contributed by atoms with Crippen molar-refractivity contribution in [3.63, 3.8) is 0 Å². The summed E-state index contributed by atoms with van der Waals surface area (Å²) in [5.41, 5.74) is -1.37. The van der Waals surface area contributed by atoms with Crippen molar-refractivity contribution in [2.45, 2.75) is 51.1 Å². The van der Waals surface area contributed by atoms with Gasteiger partial charge in [-0.15, -0.1) is 0 Å². The predicted molar refractivity (Wildman–Crippen MR) is 140 cm³/mol. The molecular formula is C29H27F9N2O4. The first-order valence-corrected chi connectivity index (χ1v) is 12.6. The summed E-state index contributed by atoms with van der Waals surface area (Å²) in [6.07, 6.45) is -14.6. The summed E-state index contributed by atoms with van der Waals surface area (Å²) >= 11 is 0. The van der Waals surface area contributed by atoms with Crippen molar-refractivity contribution in [2.75, 3.05) is 6.61 Å². The van der Waals surface area contributed by atoms with Gasteiger partial charge in [-0.25, -0.2) is 18.4 Å². The molecule has 0 aliphatic carbocycles. The van der Waals surface area contributed by atoms with Crippen LogP contribution in [-0.2, 0) is 15.1 Å². The molecule has 0 heterocycles. The van der Waals surface area contributed by atoms with E-state index in [1.807, 2.05) is 23.5 Å². The highest BCUT2D eigenvalue weighted by atomic mass is 19.4. The fourth-order valence-electron chi connectivity index (χ4n) is 3.63. The number of halogens is 9. The number of aryl methyl sites for hydroxylation is 1. The molecule has 0 aliphatic heterocycles. The van der Waals surface area contributed by atoms with Gasteiger partial charge in [0.15, 0.2) is 0 Å². The minimum atomic E-state index is -5.30. The second-order valence-corrected chi connectivity index (χ2v) is 9.25. The summed E-state index contributed by atoms with van der Waals surface area (Å²) in [5.74, 6) is -5.05. The van der Waals surface area contributed by atoms with Gasteiger partial charge in [-0.1, -0.05) is 48.0 Å². The fraction of sp³-hybridized carbons (Fsp3) is 0.310. The number of urea groups is 1. The van der Waals surface area contributed by atoms with E-state index in [1.165, 1.54) is 17.8 Å². The number of hydrogen-bond acceptors (Lipinski definition) is 4. The third-order valence-corrected chi connectivity index (χ3v) is 5.81. The van der Waals surface area contributed by atoms with Crippen LogP contribution in [0.15, 0.2) is 72.8 Å². The predicted octanol–water partition coefficient (Wildman–Crippen LogP) is 7.25. The molecule has 0 spiro atoms. The molecule has 0 aromatic heterocycles. The van der Waals surface area contributed by atoms with Crippen LogP contribution in [0.25, 0.3) is 0 Å². The Morgan fingerprint density at radius 1 is 0.841 bits per heavy atom. The van der Waals surface area contributed by atoms with Crippen LogP contribution in [0.4, 0.5) is 44.3 Å². The molecule has 2 amide bonds. The van der Waals surface area contributed by atoms with Crippen LogP contribution in [0.5, 0.6) is 5.75 Å². The molecule has 2 N–H and O–H groups in total. The highest BCUT2D eigenvalue weighted by molar-refractivity contribution is 5.85. The van der Waals surface area contributed by atoms with E-state index in [0.717, 1.165) is 31.2 Å². The van der Waals surface area contributed by atoms with E-state index < -0.39 is 71.8 Å². The second kappa shape index (κ2) is 14.8. The summed E-state index contributed by atoms with van der Waals surface area (Å²) in [5, 5.41) is 3.41. The van der Waals surface area contributed by atoms with Gasteiger partial charge in [-0.2, -0.15) is 30.7 Å². The first kappa shape index (κ1) is 35.8. The summed E-state index contributed by atoms with van der Waals surface area (Å²) < 4.78 is 128. The van der Waals surface area contributed by atoms with Crippen LogP contribution in [0.3, 0.4) is 0 Å². The molecule has 3 aromatic carbocycles. The molecule has 1 unspecified atom stereocenters. The Hall–Kier alpha value is -4.43. The molecule has 44 heavy (non-hydrogen) atoms. The van der Waals surface area contributed by atoms with Crippen molar-refractivity contribution < 1.29 is 58.6 Å². The lowest BCUT2D eigenvalue weighted by molar-refractivity contribution is -0.253. The molecule has 15 heteroatoms. The highest BCUT2D eigenvalue weighted by Crippen LogP contribution is 2.35. The van der Waals surface area contributed by atoms with Crippen molar-refractivity contribution >= 4 is 12.0 Å². The Kier molecular flexibility index (Phi) is 12.1. The molecule has 0 bridgehead atoms. The van der Waals surface area contributed by atoms with E-state index in [9.17, 15) is 49.1 Å². The Balaban J connectivity index is 0.000000843. The molecule has 3 rings (SSSR count). The molecule has 240 valence electrons. The molecule has 0 radical (unpaired) electrons. The number of carbonyl (C=O) groups excluding carboxylic acids is 2. The van der Waals surface area contributed by atoms with Gasteiger partial charge < -0.3 is 20.1 Å². The Bertz CT molecular complexity index is 1390. The standard InChI is InChI=1S/C22H19F9N2O4.C7H8/c1-3-36-17(34)16(21(27,28)29)32-19(35)33-20(2,11-4-6-13(23)7-5-11)12-8-14(24)10-15(9-12)37-22(30,31)18(25)26;1-7-5-3-2-4-6-7/h4-10,16,18H,3H2,1-2H3,(H2,32,33,35);2-6H,1H3/t16?,20-;/m1./s1. The average molecular weight is 639 g/mol. The Labute approximate surface area is 246 Å². The molecule has 2 atom stereocenters. The Morgan fingerprint density at radius 3 is 1.91 bits per heavy atom. The third kappa shape index (κ3) is 10.1. The van der Waals surface area contributed by atoms with Crippen LogP contribution < -0.4 is 15.4 Å². The summed E-state index contributed by atoms with van der Waals surface area (Å²) in [4.78, 5) is 24.3. The quantitative estimate of drug-likeness (QED) is 0.191. The lowest BCUT2D eigenvalue weighted by Crippen LogP contribution is -2.57. The third-order valence-electron chi connectivity index (χ3n) is 5.81. The van der Waals surface area contributed by atoms with E-state index in [1.54, 1.807) is 0 Å². The lowest BCUT2D eigenvalue weighted by atomic mass is 9.84. The fourth-order valence-corrected chi connectivity index (χ4v) is 3.63. The van der Waals surface area contributed by atoms with Crippen LogP contribution in [0.1, 0.15) is 30.5 Å². The monoisotopic (exact) mass is 638 g/mol. The number of nitrogens with one attached hydrogen (secondary N) is 2. The molecule has 0 saturated carbocycles. The molecule has 6 nitrogen and oxygen atoms in total. The van der Waals surface area contributed by atoms with Gasteiger partial charge in [0.1, 0.15) is 17.4 Å². The zero-order chi connectivity index (χ0) is 33.3. The van der Waals surface area contributed by atoms with Crippen LogP contribution in [0, 0.1) is 18.6 Å². The number of ether oxygens (including phenoxy) is 2. The maximum atomic E-state index is 14.3. The topological polar surface area (TPSA) is 76.7 Å². The number of hydrogen-bond donors (Lipinski definition) is 2. The molecular weight excluding hydrogens is 611 g/mol. The maximum absolute atomic E-state index is 14.3. The second-order valence-electron chi connectivity index (χ2n) is 9.25. The van der Waals surface area contributed by atoms with Crippen molar-refractivity contribution in [1.29, 1.82) is 0 Å². The lowest BCUT2D eigenvalue weighted by Gasteiger charge is -2.33. The van der Waals surface area contributed by atoms with Crippen LogP contribution >= 0.6 is 0 Å². The SMILES string of the molecule is CCOC(=O)C(NC(=O)N[C@](C)(c1ccc(F)cc1)c1cc(F)cc(OC(F)(F)C(F)F)c1)C(F)(F)F.Cc1ccccc1. The smallest absolute Gasteiger partial charge is 0.461 e. The number of carbonyl (C=O) groups is 2. The van der Waals surface area contributed by atoms with Gasteiger partial charge in [0.2, 0.25) is 6.04 Å². The summed E-state index contributed by atoms with van der Waals surface area (Å²) in [7, 11) is 0. The van der Waals surface area contributed by atoms with E-state index in [4.69, 9.17) is 0 Å². The average Bonchev–Trinajstić information content (AvgIpc) is 2.91. The van der Waals surface area contributed by atoms with Gasteiger partial charge in [0.25, 0.3) is 0 Å². The number of esters is 1. The van der Waals surface area contributed by atoms with E-state index >= 15 is 0 Å². The van der Waals surface area contributed by atoms with Gasteiger partial charge in [0.05, 0.1) is 12.1 Å². The van der Waals surface area contributed by atoms with Crippen molar-refractivity contribution in [1.82, 2.24) is 10.6 Å². The first-order chi connectivity index (χ1) is 20.4. The largest absolute Gasteiger partial charge is 0.464 e.